The summed E-state index contributed by atoms with van der Waals surface area (Å²) in [4.78, 5) is 41.6. The molecule has 4 aromatic carbocycles. The Morgan fingerprint density at radius 1 is 0.833 bits per heavy atom. The Labute approximate surface area is 298 Å². The summed E-state index contributed by atoms with van der Waals surface area (Å²) < 4.78 is 0. The lowest BCUT2D eigenvalue weighted by atomic mass is 9.58. The minimum Gasteiger partial charge on any atom is -0.380 e. The number of oxime groups is 1. The van der Waals surface area contributed by atoms with Crippen LogP contribution in [-0.4, -0.2) is 54.0 Å². The number of thioether (sulfide) groups is 2. The number of benzene rings is 4. The second-order valence-corrected chi connectivity index (χ2v) is 15.6. The number of hydrogen-bond donors (Lipinski definition) is 1. The van der Waals surface area contributed by atoms with Gasteiger partial charge in [0.1, 0.15) is 11.3 Å². The molecule has 1 saturated heterocycles. The lowest BCUT2D eigenvalue weighted by Gasteiger charge is -2.44. The first kappa shape index (κ1) is 32.0. The SMILES string of the molecule is CSc1ccc([C@H]2C(c3c(Cl)cccc3Cl)=NO[C@]23CC[C@]2(C3=O)[C@H](c3ccc(SC)cc3)CN(C)[C@@]23C(=O)Nc2ccccc23)cc1. The topological polar surface area (TPSA) is 71.0 Å². The number of Topliss-reactive ketones (excluding diaryl/α,β-unsaturated/α-hetero) is 1. The highest BCUT2D eigenvalue weighted by molar-refractivity contribution is 7.98. The van der Waals surface area contributed by atoms with Gasteiger partial charge in [-0.2, -0.15) is 0 Å². The largest absolute Gasteiger partial charge is 0.380 e. The van der Waals surface area contributed by atoms with Crippen LogP contribution < -0.4 is 5.32 Å². The van der Waals surface area contributed by atoms with Crippen LogP contribution in [0.3, 0.4) is 0 Å². The molecule has 0 bridgehead atoms. The Kier molecular flexibility index (Phi) is 7.77. The molecule has 4 aromatic rings. The lowest BCUT2D eigenvalue weighted by molar-refractivity contribution is -0.154. The number of para-hydroxylation sites is 1. The molecule has 1 saturated carbocycles. The summed E-state index contributed by atoms with van der Waals surface area (Å²) in [7, 11) is 1.97. The van der Waals surface area contributed by atoms with Gasteiger partial charge in [0, 0.05) is 39.1 Å². The maximum Gasteiger partial charge on any atom is 0.250 e. The van der Waals surface area contributed by atoms with E-state index in [2.05, 4.69) is 46.6 Å². The van der Waals surface area contributed by atoms with Gasteiger partial charge in [0.15, 0.2) is 5.78 Å². The van der Waals surface area contributed by atoms with Gasteiger partial charge in [-0.3, -0.25) is 14.5 Å². The molecule has 4 aliphatic rings. The van der Waals surface area contributed by atoms with Crippen LogP contribution >= 0.6 is 46.7 Å². The van der Waals surface area contributed by atoms with E-state index in [9.17, 15) is 4.79 Å². The van der Waals surface area contributed by atoms with Crippen molar-refractivity contribution >= 4 is 69.8 Å². The van der Waals surface area contributed by atoms with Crippen LogP contribution in [0.4, 0.5) is 5.69 Å². The molecule has 0 radical (unpaired) electrons. The lowest BCUT2D eigenvalue weighted by Crippen LogP contribution is -2.60. The number of likely N-dealkylation sites (N-methyl/N-ethyl adjacent to an activating group) is 1. The van der Waals surface area contributed by atoms with Gasteiger partial charge in [-0.25, -0.2) is 0 Å². The molecule has 3 heterocycles. The highest BCUT2D eigenvalue weighted by atomic mass is 35.5. The molecule has 10 heteroatoms. The molecule has 3 spiro atoms. The molecule has 1 aliphatic carbocycles. The Balaban J connectivity index is 1.36. The van der Waals surface area contributed by atoms with Crippen molar-refractivity contribution in [2.75, 3.05) is 31.4 Å². The monoisotopic (exact) mass is 713 g/mol. The van der Waals surface area contributed by atoms with Crippen LogP contribution in [0.2, 0.25) is 10.0 Å². The highest BCUT2D eigenvalue weighted by Gasteiger charge is 2.80. The quantitative estimate of drug-likeness (QED) is 0.209. The number of rotatable bonds is 5. The summed E-state index contributed by atoms with van der Waals surface area (Å²) in [5.41, 5.74) is 0.697. The summed E-state index contributed by atoms with van der Waals surface area (Å²) in [6.07, 6.45) is 4.86. The number of amides is 1. The third kappa shape index (κ3) is 4.16. The molecule has 0 aromatic heterocycles. The zero-order valence-corrected chi connectivity index (χ0v) is 29.8. The molecule has 1 N–H and O–H groups in total. The van der Waals surface area contributed by atoms with Crippen molar-refractivity contribution < 1.29 is 14.4 Å². The van der Waals surface area contributed by atoms with Crippen molar-refractivity contribution in [2.24, 2.45) is 10.6 Å². The number of nitrogens with zero attached hydrogens (tertiary/aromatic N) is 2. The van der Waals surface area contributed by atoms with Crippen LogP contribution in [-0.2, 0) is 20.0 Å². The van der Waals surface area contributed by atoms with Gasteiger partial charge in [0.25, 0.3) is 5.91 Å². The number of fused-ring (bicyclic) bond motifs is 3. The molecule has 8 rings (SSSR count). The van der Waals surface area contributed by atoms with Crippen molar-refractivity contribution in [3.05, 3.63) is 123 Å². The summed E-state index contributed by atoms with van der Waals surface area (Å²) in [6, 6.07) is 29.7. The average molecular weight is 715 g/mol. The van der Waals surface area contributed by atoms with E-state index < -0.39 is 22.5 Å². The van der Waals surface area contributed by atoms with E-state index in [1.165, 1.54) is 0 Å². The third-order valence-corrected chi connectivity index (χ3v) is 13.2. The Morgan fingerprint density at radius 2 is 1.46 bits per heavy atom. The Morgan fingerprint density at radius 3 is 2.10 bits per heavy atom. The first-order valence-corrected chi connectivity index (χ1v) is 19.1. The van der Waals surface area contributed by atoms with E-state index in [1.807, 2.05) is 56.0 Å². The molecule has 1 amide bonds. The number of ketones is 1. The van der Waals surface area contributed by atoms with E-state index >= 15 is 4.79 Å². The predicted molar refractivity (Wildman–Crippen MR) is 195 cm³/mol. The van der Waals surface area contributed by atoms with Crippen molar-refractivity contribution in [1.82, 2.24) is 4.90 Å². The van der Waals surface area contributed by atoms with E-state index in [0.717, 1.165) is 32.2 Å². The number of carbonyl (C=O) groups excluding carboxylic acids is 2. The van der Waals surface area contributed by atoms with E-state index in [1.54, 1.807) is 41.7 Å². The van der Waals surface area contributed by atoms with Crippen molar-refractivity contribution in [3.8, 4) is 0 Å². The summed E-state index contributed by atoms with van der Waals surface area (Å²) in [5.74, 6) is -1.21. The molecular formula is C38H33Cl2N3O3S2. The molecular weight excluding hydrogens is 681 g/mol. The van der Waals surface area contributed by atoms with Crippen LogP contribution in [0, 0.1) is 5.41 Å². The molecule has 244 valence electrons. The van der Waals surface area contributed by atoms with Gasteiger partial charge in [0.2, 0.25) is 5.60 Å². The number of anilines is 1. The standard InChI is InChI=1S/C38H33Cl2N3O3S2/c1-43-21-27(22-11-15-24(47-2)16-12-22)36(38(43)26-7-4-5-10-30(26)41-35(38)45)19-20-37(34(36)44)32(23-13-17-25(48-3)18-14-23)33(42-46-37)31-28(39)8-6-9-29(31)40/h4-18,27,32H,19-21H2,1-3H3,(H,41,45)/t27-,32-,36+,37+,38-/m0/s1. The summed E-state index contributed by atoms with van der Waals surface area (Å²) in [6.45, 7) is 0.513. The Bertz CT molecular complexity index is 1990. The predicted octanol–water partition coefficient (Wildman–Crippen LogP) is 8.62. The van der Waals surface area contributed by atoms with Crippen molar-refractivity contribution in [2.45, 2.75) is 45.6 Å². The fourth-order valence-corrected chi connectivity index (χ4v) is 10.5. The van der Waals surface area contributed by atoms with Crippen molar-refractivity contribution in [3.63, 3.8) is 0 Å². The van der Waals surface area contributed by atoms with Gasteiger partial charge in [-0.1, -0.05) is 76.9 Å². The summed E-state index contributed by atoms with van der Waals surface area (Å²) >= 11 is 16.9. The van der Waals surface area contributed by atoms with Crippen LogP contribution in [0.1, 0.15) is 46.9 Å². The first-order chi connectivity index (χ1) is 23.2. The minimum absolute atomic E-state index is 0.119. The number of nitrogens with one attached hydrogen (secondary N) is 1. The van der Waals surface area contributed by atoms with Gasteiger partial charge in [0.05, 0.1) is 21.4 Å². The van der Waals surface area contributed by atoms with E-state index in [-0.39, 0.29) is 17.6 Å². The van der Waals surface area contributed by atoms with Crippen LogP contribution in [0.5, 0.6) is 0 Å². The first-order valence-electron chi connectivity index (χ1n) is 15.9. The molecule has 2 fully saturated rings. The fraction of sp³-hybridized carbons (Fsp3) is 0.289. The second-order valence-electron chi connectivity index (χ2n) is 13.0. The van der Waals surface area contributed by atoms with E-state index in [0.29, 0.717) is 40.7 Å². The highest BCUT2D eigenvalue weighted by Crippen LogP contribution is 2.70. The van der Waals surface area contributed by atoms with Crippen LogP contribution in [0.15, 0.2) is 106 Å². The molecule has 6 nitrogen and oxygen atoms in total. The van der Waals surface area contributed by atoms with E-state index in [4.69, 9.17) is 33.2 Å². The fourth-order valence-electron chi connectivity index (χ4n) is 9.09. The summed E-state index contributed by atoms with van der Waals surface area (Å²) in [5, 5.41) is 8.72. The van der Waals surface area contributed by atoms with Gasteiger partial charge >= 0.3 is 0 Å². The van der Waals surface area contributed by atoms with Gasteiger partial charge in [-0.05, 0) is 86.0 Å². The normalized spacial score (nSPS) is 29.1. The van der Waals surface area contributed by atoms with Gasteiger partial charge in [-0.15, -0.1) is 23.5 Å². The molecule has 48 heavy (non-hydrogen) atoms. The zero-order chi connectivity index (χ0) is 33.4. The smallest absolute Gasteiger partial charge is 0.250 e. The molecule has 0 unspecified atom stereocenters. The van der Waals surface area contributed by atoms with Crippen molar-refractivity contribution in [1.29, 1.82) is 0 Å². The average Bonchev–Trinajstić information content (AvgIpc) is 3.80. The minimum atomic E-state index is -1.40. The Hall–Kier alpha value is -3.27. The molecule has 3 aliphatic heterocycles. The number of likely N-dealkylation sites (tertiary alicyclic amines) is 1. The van der Waals surface area contributed by atoms with Crippen LogP contribution in [0.25, 0.3) is 0 Å². The second kappa shape index (κ2) is 11.7. The van der Waals surface area contributed by atoms with Gasteiger partial charge < -0.3 is 10.2 Å². The maximum atomic E-state index is 16.1. The number of hydrogen-bond acceptors (Lipinski definition) is 7. The maximum absolute atomic E-state index is 16.1. The number of carbonyl (C=O) groups is 2. The molecule has 5 atom stereocenters. The zero-order valence-electron chi connectivity index (χ0n) is 26.6. The number of halogens is 2. The third-order valence-electron chi connectivity index (χ3n) is 11.1.